The summed E-state index contributed by atoms with van der Waals surface area (Å²) in [5.74, 6) is 0.365. The molecule has 7 nitrogen and oxygen atoms in total. The van der Waals surface area contributed by atoms with Crippen LogP contribution in [0, 0.1) is 17.2 Å². The molecule has 8 heteroatoms. The number of hydrogen-bond acceptors (Lipinski definition) is 5. The average Bonchev–Trinajstić information content (AvgIpc) is 2.92. The minimum Gasteiger partial charge on any atom is -0.497 e. The standard InChI is InChI=1S/C27H27N3O4S/c1-34-25-13-11-24(12-14-25)30(20-21-7-3-2-4-8-21)27(31)22-15-17-29(18-16-22)35(32,33)26-10-6-5-9-23(26)19-28/h2-14,22H,15-18,20H2,1H3. The van der Waals surface area contributed by atoms with Gasteiger partial charge in [-0.2, -0.15) is 9.57 Å². The first-order chi connectivity index (χ1) is 16.9. The zero-order valence-corrected chi connectivity index (χ0v) is 20.3. The molecule has 0 N–H and O–H groups in total. The van der Waals surface area contributed by atoms with Gasteiger partial charge in [-0.25, -0.2) is 8.42 Å². The highest BCUT2D eigenvalue weighted by Crippen LogP contribution is 2.29. The zero-order chi connectivity index (χ0) is 24.8. The fourth-order valence-corrected chi connectivity index (χ4v) is 5.92. The summed E-state index contributed by atoms with van der Waals surface area (Å²) in [4.78, 5) is 15.4. The van der Waals surface area contributed by atoms with Crippen molar-refractivity contribution in [3.8, 4) is 11.8 Å². The molecular formula is C27H27N3O4S. The highest BCUT2D eigenvalue weighted by atomic mass is 32.2. The van der Waals surface area contributed by atoms with E-state index in [1.807, 2.05) is 60.7 Å². The van der Waals surface area contributed by atoms with Crippen molar-refractivity contribution < 1.29 is 17.9 Å². The Labute approximate surface area is 206 Å². The second kappa shape index (κ2) is 10.7. The van der Waals surface area contributed by atoms with E-state index in [0.717, 1.165) is 11.3 Å². The molecule has 0 spiro atoms. The molecule has 1 aliphatic heterocycles. The number of anilines is 1. The van der Waals surface area contributed by atoms with Crippen molar-refractivity contribution in [2.45, 2.75) is 24.3 Å². The topological polar surface area (TPSA) is 90.7 Å². The van der Waals surface area contributed by atoms with E-state index in [4.69, 9.17) is 4.74 Å². The van der Waals surface area contributed by atoms with Crippen LogP contribution in [0.4, 0.5) is 5.69 Å². The molecule has 3 aromatic carbocycles. The summed E-state index contributed by atoms with van der Waals surface area (Å²) in [5.41, 5.74) is 1.89. The molecule has 0 aromatic heterocycles. The first kappa shape index (κ1) is 24.5. The number of rotatable bonds is 7. The lowest BCUT2D eigenvalue weighted by Gasteiger charge is -2.34. The molecule has 0 radical (unpaired) electrons. The highest BCUT2D eigenvalue weighted by molar-refractivity contribution is 7.89. The molecule has 1 saturated heterocycles. The van der Waals surface area contributed by atoms with Gasteiger partial charge in [0.1, 0.15) is 11.8 Å². The Morgan fingerprint density at radius 3 is 2.26 bits per heavy atom. The monoisotopic (exact) mass is 489 g/mol. The molecule has 1 amide bonds. The van der Waals surface area contributed by atoms with Crippen LogP contribution in [0.15, 0.2) is 83.8 Å². The first-order valence-corrected chi connectivity index (χ1v) is 12.9. The van der Waals surface area contributed by atoms with Gasteiger partial charge in [-0.3, -0.25) is 4.79 Å². The van der Waals surface area contributed by atoms with Gasteiger partial charge in [-0.15, -0.1) is 0 Å². The first-order valence-electron chi connectivity index (χ1n) is 11.4. The van der Waals surface area contributed by atoms with E-state index in [-0.39, 0.29) is 35.4 Å². The van der Waals surface area contributed by atoms with Crippen LogP contribution in [0.2, 0.25) is 0 Å². The molecule has 0 bridgehead atoms. The number of carbonyl (C=O) groups excluding carboxylic acids is 1. The van der Waals surface area contributed by atoms with E-state index >= 15 is 0 Å². The number of carbonyl (C=O) groups is 1. The van der Waals surface area contributed by atoms with Crippen molar-refractivity contribution in [2.75, 3.05) is 25.1 Å². The van der Waals surface area contributed by atoms with Crippen molar-refractivity contribution in [1.82, 2.24) is 4.31 Å². The molecule has 1 fully saturated rings. The van der Waals surface area contributed by atoms with Crippen LogP contribution in [-0.2, 0) is 21.4 Å². The Kier molecular flexibility index (Phi) is 7.49. The van der Waals surface area contributed by atoms with E-state index in [0.29, 0.717) is 25.1 Å². The molecule has 4 rings (SSSR count). The Hall–Kier alpha value is -3.67. The maximum absolute atomic E-state index is 13.7. The number of ether oxygens (including phenoxy) is 1. The summed E-state index contributed by atoms with van der Waals surface area (Å²) in [5, 5.41) is 9.33. The van der Waals surface area contributed by atoms with E-state index in [1.54, 1.807) is 24.1 Å². The second-order valence-electron chi connectivity index (χ2n) is 8.39. The minimum absolute atomic E-state index is 0.0104. The van der Waals surface area contributed by atoms with Gasteiger partial charge < -0.3 is 9.64 Å². The summed E-state index contributed by atoms with van der Waals surface area (Å²) in [6.45, 7) is 0.862. The molecule has 1 heterocycles. The smallest absolute Gasteiger partial charge is 0.244 e. The molecule has 3 aromatic rings. The highest BCUT2D eigenvalue weighted by Gasteiger charge is 2.35. The van der Waals surface area contributed by atoms with E-state index in [1.165, 1.54) is 16.4 Å². The van der Waals surface area contributed by atoms with Gasteiger partial charge in [0.05, 0.1) is 24.1 Å². The van der Waals surface area contributed by atoms with Crippen molar-refractivity contribution in [3.05, 3.63) is 90.0 Å². The number of sulfonamides is 1. The number of nitrogens with zero attached hydrogens (tertiary/aromatic N) is 3. The molecular weight excluding hydrogens is 462 g/mol. The molecule has 0 unspecified atom stereocenters. The van der Waals surface area contributed by atoms with Crippen LogP contribution in [0.25, 0.3) is 0 Å². The predicted molar refractivity (Wildman–Crippen MR) is 133 cm³/mol. The zero-order valence-electron chi connectivity index (χ0n) is 19.5. The summed E-state index contributed by atoms with van der Waals surface area (Å²) in [7, 11) is -2.21. The van der Waals surface area contributed by atoms with Crippen LogP contribution in [-0.4, -0.2) is 38.8 Å². The predicted octanol–water partition coefficient (Wildman–Crippen LogP) is 4.20. The van der Waals surface area contributed by atoms with E-state index < -0.39 is 10.0 Å². The van der Waals surface area contributed by atoms with Crippen molar-refractivity contribution in [1.29, 1.82) is 5.26 Å². The summed E-state index contributed by atoms with van der Waals surface area (Å²) in [6.07, 6.45) is 0.822. The average molecular weight is 490 g/mol. The largest absolute Gasteiger partial charge is 0.497 e. The van der Waals surface area contributed by atoms with Gasteiger partial charge in [0.15, 0.2) is 0 Å². The van der Waals surface area contributed by atoms with Crippen LogP contribution >= 0.6 is 0 Å². The van der Waals surface area contributed by atoms with Crippen LogP contribution < -0.4 is 9.64 Å². The van der Waals surface area contributed by atoms with Gasteiger partial charge in [-0.1, -0.05) is 42.5 Å². The Morgan fingerprint density at radius 2 is 1.63 bits per heavy atom. The lowest BCUT2D eigenvalue weighted by atomic mass is 9.96. The molecule has 35 heavy (non-hydrogen) atoms. The van der Waals surface area contributed by atoms with Crippen molar-refractivity contribution in [3.63, 3.8) is 0 Å². The third-order valence-corrected chi connectivity index (χ3v) is 8.22. The molecule has 0 saturated carbocycles. The number of nitriles is 1. The van der Waals surface area contributed by atoms with Crippen molar-refractivity contribution in [2.24, 2.45) is 5.92 Å². The van der Waals surface area contributed by atoms with Crippen LogP contribution in [0.5, 0.6) is 5.75 Å². The maximum Gasteiger partial charge on any atom is 0.244 e. The van der Waals surface area contributed by atoms with Gasteiger partial charge in [0, 0.05) is 24.7 Å². The quantitative estimate of drug-likeness (QED) is 0.496. The number of hydrogen-bond donors (Lipinski definition) is 0. The van der Waals surface area contributed by atoms with Crippen LogP contribution in [0.3, 0.4) is 0 Å². The fourth-order valence-electron chi connectivity index (χ4n) is 4.31. The number of methoxy groups -OCH3 is 1. The van der Waals surface area contributed by atoms with E-state index in [9.17, 15) is 18.5 Å². The van der Waals surface area contributed by atoms with Gasteiger partial charge >= 0.3 is 0 Å². The Balaban J connectivity index is 1.52. The maximum atomic E-state index is 13.7. The number of amides is 1. The lowest BCUT2D eigenvalue weighted by molar-refractivity contribution is -0.123. The molecule has 0 atom stereocenters. The number of piperidine rings is 1. The third kappa shape index (κ3) is 5.37. The van der Waals surface area contributed by atoms with Gasteiger partial charge in [-0.05, 0) is 54.8 Å². The fraction of sp³-hybridized carbons (Fsp3) is 0.259. The molecule has 0 aliphatic carbocycles. The summed E-state index contributed by atoms with van der Waals surface area (Å²) >= 11 is 0. The third-order valence-electron chi connectivity index (χ3n) is 6.26. The van der Waals surface area contributed by atoms with Gasteiger partial charge in [0.2, 0.25) is 15.9 Å². The second-order valence-corrected chi connectivity index (χ2v) is 10.3. The molecule has 1 aliphatic rings. The lowest BCUT2D eigenvalue weighted by Crippen LogP contribution is -2.44. The Bertz CT molecular complexity index is 1310. The Morgan fingerprint density at radius 1 is 1.00 bits per heavy atom. The number of benzene rings is 3. The minimum atomic E-state index is -3.81. The summed E-state index contributed by atoms with van der Waals surface area (Å²) in [6, 6.07) is 25.3. The van der Waals surface area contributed by atoms with Crippen molar-refractivity contribution >= 4 is 21.6 Å². The normalized spacial score (nSPS) is 14.7. The SMILES string of the molecule is COc1ccc(N(Cc2ccccc2)C(=O)C2CCN(S(=O)(=O)c3ccccc3C#N)CC2)cc1. The van der Waals surface area contributed by atoms with Gasteiger partial charge in [0.25, 0.3) is 0 Å². The van der Waals surface area contributed by atoms with Crippen LogP contribution in [0.1, 0.15) is 24.0 Å². The molecule has 180 valence electrons. The van der Waals surface area contributed by atoms with E-state index in [2.05, 4.69) is 0 Å². The summed E-state index contributed by atoms with van der Waals surface area (Å²) < 4.78 is 33.0.